The molecule has 6 heteroatoms. The van der Waals surface area contributed by atoms with E-state index in [2.05, 4.69) is 10.3 Å². The van der Waals surface area contributed by atoms with Gasteiger partial charge in [-0.15, -0.1) is 11.3 Å². The lowest BCUT2D eigenvalue weighted by Gasteiger charge is -2.05. The van der Waals surface area contributed by atoms with Crippen LogP contribution in [0, 0.1) is 13.8 Å². The zero-order chi connectivity index (χ0) is 19.9. The second kappa shape index (κ2) is 9.37. The van der Waals surface area contributed by atoms with Crippen molar-refractivity contribution in [1.29, 1.82) is 0 Å². The van der Waals surface area contributed by atoms with Crippen LogP contribution in [0.2, 0.25) is 0 Å². The van der Waals surface area contributed by atoms with Crippen LogP contribution in [0.25, 0.3) is 0 Å². The van der Waals surface area contributed by atoms with Crippen molar-refractivity contribution in [2.24, 2.45) is 0 Å². The number of amides is 1. The standard InChI is InChI=1S/C22H24N2O3S/c1-15-5-4-6-19(13-15)27-14-20-24-16(2)21(28-20)22(25)23-12-11-17-7-9-18(26-3)10-8-17/h4-10,13H,11-12,14H2,1-3H3,(H,23,25). The Morgan fingerprint density at radius 2 is 1.89 bits per heavy atom. The smallest absolute Gasteiger partial charge is 0.263 e. The van der Waals surface area contributed by atoms with Crippen molar-refractivity contribution in [3.05, 3.63) is 75.2 Å². The molecule has 0 radical (unpaired) electrons. The van der Waals surface area contributed by atoms with Gasteiger partial charge in [-0.1, -0.05) is 24.3 Å². The fourth-order valence-corrected chi connectivity index (χ4v) is 3.66. The molecule has 1 N–H and O–H groups in total. The van der Waals surface area contributed by atoms with Gasteiger partial charge in [-0.05, 0) is 55.7 Å². The van der Waals surface area contributed by atoms with Crippen LogP contribution in [0.5, 0.6) is 11.5 Å². The van der Waals surface area contributed by atoms with Gasteiger partial charge < -0.3 is 14.8 Å². The highest BCUT2D eigenvalue weighted by Crippen LogP contribution is 2.21. The third-order valence-electron chi connectivity index (χ3n) is 4.26. The molecule has 1 aromatic heterocycles. The molecule has 28 heavy (non-hydrogen) atoms. The zero-order valence-corrected chi connectivity index (χ0v) is 17.1. The molecule has 146 valence electrons. The van der Waals surface area contributed by atoms with Crippen LogP contribution in [-0.2, 0) is 13.0 Å². The molecule has 0 bridgehead atoms. The van der Waals surface area contributed by atoms with Crippen LogP contribution in [0.15, 0.2) is 48.5 Å². The minimum atomic E-state index is -0.0923. The molecular formula is C22H24N2O3S. The average Bonchev–Trinajstić information content (AvgIpc) is 3.08. The Morgan fingerprint density at radius 3 is 2.61 bits per heavy atom. The summed E-state index contributed by atoms with van der Waals surface area (Å²) in [5, 5.41) is 3.76. The number of benzene rings is 2. The number of carbonyl (C=O) groups is 1. The fraction of sp³-hybridized carbons (Fsp3) is 0.273. The molecule has 5 nitrogen and oxygen atoms in total. The van der Waals surface area contributed by atoms with Crippen molar-refractivity contribution in [3.63, 3.8) is 0 Å². The molecule has 3 rings (SSSR count). The molecule has 0 spiro atoms. The molecule has 0 saturated carbocycles. The predicted octanol–water partition coefficient (Wildman–Crippen LogP) is 4.32. The molecule has 0 unspecified atom stereocenters. The molecule has 0 aliphatic carbocycles. The maximum atomic E-state index is 12.5. The number of rotatable bonds is 8. The molecule has 0 atom stereocenters. The van der Waals surface area contributed by atoms with Crippen molar-refractivity contribution in [1.82, 2.24) is 10.3 Å². The van der Waals surface area contributed by atoms with Crippen LogP contribution in [0.1, 0.15) is 31.5 Å². The number of hydrogen-bond acceptors (Lipinski definition) is 5. The van der Waals surface area contributed by atoms with Gasteiger partial charge in [0.25, 0.3) is 5.91 Å². The molecule has 0 aliphatic heterocycles. The Kier molecular flexibility index (Phi) is 6.66. The number of hydrogen-bond donors (Lipinski definition) is 1. The van der Waals surface area contributed by atoms with E-state index < -0.39 is 0 Å². The number of nitrogens with zero attached hydrogens (tertiary/aromatic N) is 1. The molecule has 1 amide bonds. The molecule has 0 saturated heterocycles. The minimum absolute atomic E-state index is 0.0923. The Balaban J connectivity index is 1.52. The lowest BCUT2D eigenvalue weighted by atomic mass is 10.1. The van der Waals surface area contributed by atoms with E-state index >= 15 is 0 Å². The van der Waals surface area contributed by atoms with E-state index in [1.54, 1.807) is 7.11 Å². The Hall–Kier alpha value is -2.86. The lowest BCUT2D eigenvalue weighted by Crippen LogP contribution is -2.25. The maximum Gasteiger partial charge on any atom is 0.263 e. The first kappa shape index (κ1) is 19.9. The number of aromatic nitrogens is 1. The minimum Gasteiger partial charge on any atom is -0.497 e. The quantitative estimate of drug-likeness (QED) is 0.616. The van der Waals surface area contributed by atoms with Gasteiger partial charge >= 0.3 is 0 Å². The van der Waals surface area contributed by atoms with E-state index in [9.17, 15) is 4.79 Å². The summed E-state index contributed by atoms with van der Waals surface area (Å²) in [5.74, 6) is 1.54. The highest BCUT2D eigenvalue weighted by atomic mass is 32.1. The van der Waals surface area contributed by atoms with Crippen LogP contribution in [0.4, 0.5) is 0 Å². The molecular weight excluding hydrogens is 372 g/mol. The summed E-state index contributed by atoms with van der Waals surface area (Å²) in [7, 11) is 1.65. The maximum absolute atomic E-state index is 12.5. The van der Waals surface area contributed by atoms with Gasteiger partial charge in [0.15, 0.2) is 0 Å². The fourth-order valence-electron chi connectivity index (χ4n) is 2.77. The van der Waals surface area contributed by atoms with Crippen molar-refractivity contribution in [2.45, 2.75) is 26.9 Å². The monoisotopic (exact) mass is 396 g/mol. The van der Waals surface area contributed by atoms with Crippen molar-refractivity contribution in [3.8, 4) is 11.5 Å². The summed E-state index contributed by atoms with van der Waals surface area (Å²) in [5.41, 5.74) is 3.02. The van der Waals surface area contributed by atoms with Crippen molar-refractivity contribution < 1.29 is 14.3 Å². The van der Waals surface area contributed by atoms with Crippen LogP contribution in [0.3, 0.4) is 0 Å². The number of nitrogens with one attached hydrogen (secondary N) is 1. The van der Waals surface area contributed by atoms with Gasteiger partial charge in [0.1, 0.15) is 28.0 Å². The van der Waals surface area contributed by atoms with Crippen LogP contribution >= 0.6 is 11.3 Å². The summed E-state index contributed by atoms with van der Waals surface area (Å²) in [4.78, 5) is 17.6. The van der Waals surface area contributed by atoms with Crippen LogP contribution < -0.4 is 14.8 Å². The number of aryl methyl sites for hydroxylation is 2. The number of thiazole rings is 1. The van der Waals surface area contributed by atoms with Crippen molar-refractivity contribution in [2.75, 3.05) is 13.7 Å². The van der Waals surface area contributed by atoms with E-state index in [0.29, 0.717) is 18.0 Å². The summed E-state index contributed by atoms with van der Waals surface area (Å²) in [6.45, 7) is 4.80. The SMILES string of the molecule is COc1ccc(CCNC(=O)c2sc(COc3cccc(C)c3)nc2C)cc1. The summed E-state index contributed by atoms with van der Waals surface area (Å²) >= 11 is 1.38. The summed E-state index contributed by atoms with van der Waals surface area (Å²) in [6, 6.07) is 15.7. The van der Waals surface area contributed by atoms with Crippen molar-refractivity contribution >= 4 is 17.2 Å². The van der Waals surface area contributed by atoms with Gasteiger partial charge in [-0.3, -0.25) is 4.79 Å². The van der Waals surface area contributed by atoms with E-state index in [1.807, 2.05) is 62.4 Å². The third-order valence-corrected chi connectivity index (χ3v) is 5.39. The normalized spacial score (nSPS) is 10.5. The summed E-state index contributed by atoms with van der Waals surface area (Å²) < 4.78 is 10.9. The molecule has 2 aromatic carbocycles. The largest absolute Gasteiger partial charge is 0.497 e. The van der Waals surface area contributed by atoms with Gasteiger partial charge in [-0.25, -0.2) is 4.98 Å². The van der Waals surface area contributed by atoms with E-state index in [1.165, 1.54) is 11.3 Å². The first-order chi connectivity index (χ1) is 13.5. The Labute approximate surface area is 169 Å². The van der Waals surface area contributed by atoms with Crippen LogP contribution in [-0.4, -0.2) is 24.5 Å². The van der Waals surface area contributed by atoms with Gasteiger partial charge in [0, 0.05) is 6.54 Å². The second-order valence-corrected chi connectivity index (χ2v) is 7.56. The first-order valence-electron chi connectivity index (χ1n) is 9.12. The second-order valence-electron chi connectivity index (χ2n) is 6.48. The highest BCUT2D eigenvalue weighted by Gasteiger charge is 2.15. The van der Waals surface area contributed by atoms with Gasteiger partial charge in [0.05, 0.1) is 12.8 Å². The van der Waals surface area contributed by atoms with E-state index in [-0.39, 0.29) is 5.91 Å². The topological polar surface area (TPSA) is 60.5 Å². The molecule has 0 fully saturated rings. The average molecular weight is 397 g/mol. The van der Waals surface area contributed by atoms with E-state index in [4.69, 9.17) is 9.47 Å². The lowest BCUT2D eigenvalue weighted by molar-refractivity contribution is 0.0957. The predicted molar refractivity (Wildman–Crippen MR) is 111 cm³/mol. The highest BCUT2D eigenvalue weighted by molar-refractivity contribution is 7.13. The summed E-state index contributed by atoms with van der Waals surface area (Å²) in [6.07, 6.45) is 0.761. The van der Waals surface area contributed by atoms with Gasteiger partial charge in [0.2, 0.25) is 0 Å². The molecule has 3 aromatic rings. The molecule has 0 aliphatic rings. The number of methoxy groups -OCH3 is 1. The zero-order valence-electron chi connectivity index (χ0n) is 16.3. The Morgan fingerprint density at radius 1 is 1.11 bits per heavy atom. The number of ether oxygens (including phenoxy) is 2. The first-order valence-corrected chi connectivity index (χ1v) is 9.93. The third kappa shape index (κ3) is 5.33. The number of carbonyl (C=O) groups excluding carboxylic acids is 1. The molecule has 1 heterocycles. The van der Waals surface area contributed by atoms with E-state index in [0.717, 1.165) is 39.7 Å². The van der Waals surface area contributed by atoms with Gasteiger partial charge in [-0.2, -0.15) is 0 Å². The Bertz CT molecular complexity index is 935.